The minimum Gasteiger partial charge on any atom is -0.490 e. The molecule has 0 N–H and O–H groups in total. The predicted octanol–water partition coefficient (Wildman–Crippen LogP) is 5.08. The molecule has 0 saturated heterocycles. The predicted molar refractivity (Wildman–Crippen MR) is 88.9 cm³/mol. The van der Waals surface area contributed by atoms with Crippen molar-refractivity contribution in [3.05, 3.63) is 42.2 Å². The average Bonchev–Trinajstić information content (AvgIpc) is 2.99. The minimum atomic E-state index is 0.492. The lowest BCUT2D eigenvalue weighted by molar-refractivity contribution is 0.111. The standard InChI is InChI=1S/C19H22O3/c1-4-20-11-12-22-19-16-8-6-14(13(2)3)5-7-15(16)18-17(19)9-10-21-18/h5-10,13H,4,11-12H2,1-3H3. The molecule has 0 atom stereocenters. The summed E-state index contributed by atoms with van der Waals surface area (Å²) in [6.07, 6.45) is 1.72. The quantitative estimate of drug-likeness (QED) is 0.595. The molecule has 3 rings (SSSR count). The first kappa shape index (κ1) is 14.9. The lowest BCUT2D eigenvalue weighted by Gasteiger charge is -2.06. The van der Waals surface area contributed by atoms with Gasteiger partial charge in [-0.2, -0.15) is 0 Å². The van der Waals surface area contributed by atoms with Crippen molar-refractivity contribution in [3.63, 3.8) is 0 Å². The van der Waals surface area contributed by atoms with Gasteiger partial charge < -0.3 is 13.9 Å². The van der Waals surface area contributed by atoms with E-state index in [1.807, 2.05) is 13.0 Å². The number of furan rings is 1. The smallest absolute Gasteiger partial charge is 0.145 e. The fourth-order valence-electron chi connectivity index (χ4n) is 2.72. The van der Waals surface area contributed by atoms with Gasteiger partial charge in [0.15, 0.2) is 0 Å². The molecule has 0 aliphatic heterocycles. The molecular weight excluding hydrogens is 276 g/mol. The van der Waals surface area contributed by atoms with Gasteiger partial charge >= 0.3 is 0 Å². The first-order valence-corrected chi connectivity index (χ1v) is 7.85. The molecule has 0 fully saturated rings. The first-order chi connectivity index (χ1) is 10.7. The van der Waals surface area contributed by atoms with Gasteiger partial charge in [-0.1, -0.05) is 38.1 Å². The highest BCUT2D eigenvalue weighted by molar-refractivity contribution is 6.05. The number of hydrogen-bond acceptors (Lipinski definition) is 3. The molecule has 116 valence electrons. The Hall–Kier alpha value is -2.00. The van der Waals surface area contributed by atoms with Gasteiger partial charge in [-0.25, -0.2) is 0 Å². The Balaban J connectivity index is 2.03. The van der Waals surface area contributed by atoms with Gasteiger partial charge in [0.25, 0.3) is 0 Å². The third kappa shape index (κ3) is 2.69. The molecule has 0 spiro atoms. The molecule has 0 radical (unpaired) electrons. The highest BCUT2D eigenvalue weighted by atomic mass is 16.5. The maximum absolute atomic E-state index is 5.99. The monoisotopic (exact) mass is 298 g/mol. The van der Waals surface area contributed by atoms with Crippen LogP contribution in [0.1, 0.15) is 32.3 Å². The minimum absolute atomic E-state index is 0.492. The third-order valence-corrected chi connectivity index (χ3v) is 3.92. The largest absolute Gasteiger partial charge is 0.490 e. The number of rotatable bonds is 6. The number of hydrogen-bond donors (Lipinski definition) is 0. The van der Waals surface area contributed by atoms with Crippen molar-refractivity contribution in [2.75, 3.05) is 19.8 Å². The van der Waals surface area contributed by atoms with Crippen LogP contribution in [0, 0.1) is 0 Å². The van der Waals surface area contributed by atoms with E-state index in [0.717, 1.165) is 27.8 Å². The SMILES string of the molecule is CCOCCOc1c2ccc(C(C)C)ccc-2c2occc12. The molecule has 1 aromatic heterocycles. The summed E-state index contributed by atoms with van der Waals surface area (Å²) in [5, 5.41) is 1.03. The summed E-state index contributed by atoms with van der Waals surface area (Å²) in [5.74, 6) is 1.38. The second-order valence-electron chi connectivity index (χ2n) is 5.69. The van der Waals surface area contributed by atoms with Crippen molar-refractivity contribution in [1.29, 1.82) is 0 Å². The van der Waals surface area contributed by atoms with Crippen molar-refractivity contribution < 1.29 is 13.9 Å². The molecule has 0 unspecified atom stereocenters. The van der Waals surface area contributed by atoms with E-state index in [1.165, 1.54) is 5.56 Å². The van der Waals surface area contributed by atoms with Crippen LogP contribution in [0.25, 0.3) is 22.1 Å². The van der Waals surface area contributed by atoms with Crippen LogP contribution in [0.4, 0.5) is 0 Å². The van der Waals surface area contributed by atoms with Crippen molar-refractivity contribution in [3.8, 4) is 16.9 Å². The topological polar surface area (TPSA) is 31.6 Å². The molecule has 1 heterocycles. The molecule has 0 bridgehead atoms. The second-order valence-corrected chi connectivity index (χ2v) is 5.69. The molecule has 0 amide bonds. The summed E-state index contributed by atoms with van der Waals surface area (Å²) in [5.41, 5.74) is 4.39. The Bertz CT molecular complexity index is 727. The van der Waals surface area contributed by atoms with E-state index < -0.39 is 0 Å². The van der Waals surface area contributed by atoms with Crippen molar-refractivity contribution in [2.45, 2.75) is 26.7 Å². The molecule has 0 aromatic carbocycles. The van der Waals surface area contributed by atoms with E-state index in [4.69, 9.17) is 13.9 Å². The van der Waals surface area contributed by atoms with Crippen LogP contribution in [-0.2, 0) is 4.74 Å². The fourth-order valence-corrected chi connectivity index (χ4v) is 2.72. The van der Waals surface area contributed by atoms with Gasteiger partial charge in [0.1, 0.15) is 17.9 Å². The Morgan fingerprint density at radius 2 is 1.77 bits per heavy atom. The summed E-state index contributed by atoms with van der Waals surface area (Å²) in [4.78, 5) is 0. The van der Waals surface area contributed by atoms with Gasteiger partial charge in [-0.15, -0.1) is 0 Å². The maximum Gasteiger partial charge on any atom is 0.145 e. The van der Waals surface area contributed by atoms with E-state index in [1.54, 1.807) is 6.26 Å². The average molecular weight is 298 g/mol. The third-order valence-electron chi connectivity index (χ3n) is 3.92. The zero-order valence-electron chi connectivity index (χ0n) is 13.4. The molecule has 22 heavy (non-hydrogen) atoms. The van der Waals surface area contributed by atoms with Gasteiger partial charge in [0, 0.05) is 17.7 Å². The van der Waals surface area contributed by atoms with Crippen molar-refractivity contribution >= 4 is 11.0 Å². The molecular formula is C19H22O3. The molecule has 2 aliphatic carbocycles. The highest BCUT2D eigenvalue weighted by Crippen LogP contribution is 2.45. The van der Waals surface area contributed by atoms with Crippen LogP contribution >= 0.6 is 0 Å². The summed E-state index contributed by atoms with van der Waals surface area (Å²) in [7, 11) is 0. The van der Waals surface area contributed by atoms with Crippen LogP contribution in [0.15, 0.2) is 41.0 Å². The highest BCUT2D eigenvalue weighted by Gasteiger charge is 2.20. The number of fused-ring (bicyclic) bond motifs is 3. The normalized spacial score (nSPS) is 11.6. The van der Waals surface area contributed by atoms with E-state index in [2.05, 4.69) is 38.1 Å². The van der Waals surface area contributed by atoms with E-state index in [0.29, 0.717) is 25.7 Å². The lowest BCUT2D eigenvalue weighted by atomic mass is 10.1. The van der Waals surface area contributed by atoms with Crippen LogP contribution in [0.3, 0.4) is 0 Å². The molecule has 0 saturated carbocycles. The van der Waals surface area contributed by atoms with Gasteiger partial charge in [0.05, 0.1) is 18.3 Å². The zero-order chi connectivity index (χ0) is 15.5. The lowest BCUT2D eigenvalue weighted by Crippen LogP contribution is -2.06. The maximum atomic E-state index is 5.99. The molecule has 2 aliphatic rings. The van der Waals surface area contributed by atoms with Gasteiger partial charge in [0.2, 0.25) is 0 Å². The van der Waals surface area contributed by atoms with Gasteiger partial charge in [-0.3, -0.25) is 0 Å². The molecule has 3 nitrogen and oxygen atoms in total. The Labute approximate surface area is 131 Å². The van der Waals surface area contributed by atoms with Crippen LogP contribution in [0.5, 0.6) is 5.75 Å². The van der Waals surface area contributed by atoms with E-state index >= 15 is 0 Å². The van der Waals surface area contributed by atoms with Crippen molar-refractivity contribution in [1.82, 2.24) is 0 Å². The van der Waals surface area contributed by atoms with Crippen LogP contribution in [-0.4, -0.2) is 19.8 Å². The molecule has 3 heteroatoms. The van der Waals surface area contributed by atoms with Crippen LogP contribution < -0.4 is 4.74 Å². The fraction of sp³-hybridized carbons (Fsp3) is 0.368. The first-order valence-electron chi connectivity index (χ1n) is 7.85. The summed E-state index contributed by atoms with van der Waals surface area (Å²) >= 11 is 0. The Morgan fingerprint density at radius 3 is 2.50 bits per heavy atom. The number of ether oxygens (including phenoxy) is 2. The second kappa shape index (κ2) is 6.41. The van der Waals surface area contributed by atoms with E-state index in [-0.39, 0.29) is 0 Å². The van der Waals surface area contributed by atoms with Crippen molar-refractivity contribution in [2.24, 2.45) is 0 Å². The van der Waals surface area contributed by atoms with Crippen LogP contribution in [0.2, 0.25) is 0 Å². The summed E-state index contributed by atoms with van der Waals surface area (Å²) in [6.45, 7) is 8.23. The Kier molecular flexibility index (Phi) is 4.34. The Morgan fingerprint density at radius 1 is 1.00 bits per heavy atom. The van der Waals surface area contributed by atoms with E-state index in [9.17, 15) is 0 Å². The zero-order valence-corrected chi connectivity index (χ0v) is 13.4. The summed E-state index contributed by atoms with van der Waals surface area (Å²) < 4.78 is 17.0. The molecule has 1 aromatic rings. The van der Waals surface area contributed by atoms with Gasteiger partial charge in [-0.05, 0) is 24.5 Å². The summed E-state index contributed by atoms with van der Waals surface area (Å²) in [6, 6.07) is 10.6.